The summed E-state index contributed by atoms with van der Waals surface area (Å²) in [6.07, 6.45) is 2.90. The van der Waals surface area contributed by atoms with E-state index in [0.717, 1.165) is 11.9 Å². The number of aromatic nitrogens is 1. The minimum atomic E-state index is -0.269. The molecule has 0 saturated heterocycles. The summed E-state index contributed by atoms with van der Waals surface area (Å²) in [5, 5.41) is 1.24. The first-order chi connectivity index (χ1) is 15.9. The van der Waals surface area contributed by atoms with E-state index in [1.165, 1.54) is 61.0 Å². The van der Waals surface area contributed by atoms with Crippen LogP contribution in [0.2, 0.25) is 0 Å². The third kappa shape index (κ3) is 1.73. The fourth-order valence-electron chi connectivity index (χ4n) is 6.71. The Bertz CT molecular complexity index is 1650. The molecule has 0 radical (unpaired) electrons. The molecule has 8 rings (SSSR count). The zero-order valence-electron chi connectivity index (χ0n) is 17.5. The number of rotatable bonds is 0. The highest BCUT2D eigenvalue weighted by atomic mass is 14.7. The summed E-state index contributed by atoms with van der Waals surface area (Å²) in [5.41, 5.74) is 15.0. The van der Waals surface area contributed by atoms with Crippen molar-refractivity contribution in [3.8, 4) is 11.1 Å². The van der Waals surface area contributed by atoms with Gasteiger partial charge in [0.1, 0.15) is 0 Å². The highest BCUT2D eigenvalue weighted by Crippen LogP contribution is 2.67. The molecule has 1 nitrogen and oxygen atoms in total. The molecule has 148 valence electrons. The van der Waals surface area contributed by atoms with Crippen molar-refractivity contribution in [1.82, 2.24) is 4.98 Å². The minimum absolute atomic E-state index is 0.269. The van der Waals surface area contributed by atoms with Gasteiger partial charge in [-0.2, -0.15) is 0 Å². The standard InChI is InChI=1S/C31H19N/c1-2-9-20-19(8-1)18-24-21-10-3-5-13-25(21)31(30(20)24)26-14-6-4-11-22(26)29-23-12-7-17-32-28(23)16-15-27(29)31/h1-17H,18H2. The average molecular weight is 406 g/mol. The first-order valence-electron chi connectivity index (χ1n) is 11.3. The fourth-order valence-corrected chi connectivity index (χ4v) is 6.71. The van der Waals surface area contributed by atoms with Crippen molar-refractivity contribution in [3.63, 3.8) is 0 Å². The molecule has 0 N–H and O–H groups in total. The fraction of sp³-hybridized carbons (Fsp3) is 0.0645. The molecule has 1 spiro atoms. The van der Waals surface area contributed by atoms with Crippen LogP contribution in [0.1, 0.15) is 33.4 Å². The number of fused-ring (bicyclic) bond motifs is 13. The first-order valence-corrected chi connectivity index (χ1v) is 11.3. The second kappa shape index (κ2) is 5.63. The number of allylic oxidation sites excluding steroid dienone is 2. The zero-order chi connectivity index (χ0) is 20.9. The molecular formula is C31H19N. The van der Waals surface area contributed by atoms with Gasteiger partial charge in [0, 0.05) is 11.6 Å². The maximum Gasteiger partial charge on any atom is 0.0728 e. The van der Waals surface area contributed by atoms with E-state index in [9.17, 15) is 0 Å². The Labute approximate surface area is 186 Å². The predicted molar refractivity (Wildman–Crippen MR) is 130 cm³/mol. The van der Waals surface area contributed by atoms with Crippen molar-refractivity contribution in [2.45, 2.75) is 11.8 Å². The lowest BCUT2D eigenvalue weighted by molar-refractivity contribution is 0.842. The maximum absolute atomic E-state index is 4.68. The third-order valence-electron chi connectivity index (χ3n) is 7.78. The molecule has 1 atom stereocenters. The molecule has 1 heterocycles. The normalized spacial score (nSPS) is 19.1. The molecule has 5 aromatic rings. The summed E-state index contributed by atoms with van der Waals surface area (Å²) >= 11 is 0. The molecule has 0 fully saturated rings. The van der Waals surface area contributed by atoms with E-state index in [1.807, 2.05) is 6.20 Å². The van der Waals surface area contributed by atoms with Gasteiger partial charge in [0.05, 0.1) is 10.9 Å². The Morgan fingerprint density at radius 3 is 2.19 bits per heavy atom. The number of nitrogens with zero attached hydrogens (tertiary/aromatic N) is 1. The number of benzene rings is 4. The number of pyridine rings is 1. The molecule has 0 saturated carbocycles. The quantitative estimate of drug-likeness (QED) is 0.269. The summed E-state index contributed by atoms with van der Waals surface area (Å²) in [5.74, 6) is 0. The summed E-state index contributed by atoms with van der Waals surface area (Å²) in [4.78, 5) is 4.68. The second-order valence-electron chi connectivity index (χ2n) is 9.09. The van der Waals surface area contributed by atoms with Crippen LogP contribution in [0.5, 0.6) is 0 Å². The Morgan fingerprint density at radius 2 is 1.31 bits per heavy atom. The first kappa shape index (κ1) is 16.7. The van der Waals surface area contributed by atoms with Gasteiger partial charge in [-0.1, -0.05) is 84.9 Å². The van der Waals surface area contributed by atoms with Crippen LogP contribution < -0.4 is 0 Å². The van der Waals surface area contributed by atoms with Crippen LogP contribution in [0.3, 0.4) is 0 Å². The third-order valence-corrected chi connectivity index (χ3v) is 7.78. The van der Waals surface area contributed by atoms with Gasteiger partial charge in [0.2, 0.25) is 0 Å². The van der Waals surface area contributed by atoms with Crippen LogP contribution in [0.4, 0.5) is 0 Å². The Balaban J connectivity index is 1.61. The molecule has 3 aliphatic carbocycles. The van der Waals surface area contributed by atoms with E-state index in [0.29, 0.717) is 0 Å². The summed E-state index contributed by atoms with van der Waals surface area (Å²) in [7, 11) is 0. The lowest BCUT2D eigenvalue weighted by Gasteiger charge is -2.33. The molecule has 0 amide bonds. The van der Waals surface area contributed by atoms with E-state index in [4.69, 9.17) is 0 Å². The minimum Gasteiger partial charge on any atom is -0.256 e. The molecule has 3 aliphatic rings. The number of hydrogen-bond donors (Lipinski definition) is 0. The number of hydrogen-bond acceptors (Lipinski definition) is 1. The van der Waals surface area contributed by atoms with Crippen molar-refractivity contribution >= 4 is 22.0 Å². The SMILES string of the molecule is c1ccc2c(c1)CC1=C2C2(c3ccccc31)c1ccccc1-c1c2ccc2ncccc12. The molecular weight excluding hydrogens is 386 g/mol. The van der Waals surface area contributed by atoms with Crippen LogP contribution in [0.15, 0.2) is 103 Å². The smallest absolute Gasteiger partial charge is 0.0728 e. The van der Waals surface area contributed by atoms with Crippen molar-refractivity contribution in [2.75, 3.05) is 0 Å². The van der Waals surface area contributed by atoms with Gasteiger partial charge < -0.3 is 0 Å². The van der Waals surface area contributed by atoms with E-state index in [-0.39, 0.29) is 5.41 Å². The predicted octanol–water partition coefficient (Wildman–Crippen LogP) is 7.03. The van der Waals surface area contributed by atoms with E-state index in [1.54, 1.807) is 0 Å². The molecule has 0 bridgehead atoms. The van der Waals surface area contributed by atoms with Crippen molar-refractivity contribution < 1.29 is 0 Å². The summed E-state index contributed by atoms with van der Waals surface area (Å²) < 4.78 is 0. The summed E-state index contributed by atoms with van der Waals surface area (Å²) in [6, 6.07) is 36.0. The van der Waals surface area contributed by atoms with Crippen molar-refractivity contribution in [3.05, 3.63) is 137 Å². The van der Waals surface area contributed by atoms with E-state index in [2.05, 4.69) is 102 Å². The van der Waals surface area contributed by atoms with Gasteiger partial charge in [-0.05, 0) is 74.2 Å². The van der Waals surface area contributed by atoms with Crippen LogP contribution in [-0.2, 0) is 11.8 Å². The van der Waals surface area contributed by atoms with Gasteiger partial charge in [-0.15, -0.1) is 0 Å². The largest absolute Gasteiger partial charge is 0.256 e. The van der Waals surface area contributed by atoms with Gasteiger partial charge in [0.25, 0.3) is 0 Å². The highest BCUT2D eigenvalue weighted by Gasteiger charge is 2.55. The van der Waals surface area contributed by atoms with Gasteiger partial charge >= 0.3 is 0 Å². The van der Waals surface area contributed by atoms with Crippen LogP contribution >= 0.6 is 0 Å². The topological polar surface area (TPSA) is 12.9 Å². The van der Waals surface area contributed by atoms with E-state index < -0.39 is 0 Å². The monoisotopic (exact) mass is 405 g/mol. The van der Waals surface area contributed by atoms with Gasteiger partial charge in [-0.25, -0.2) is 0 Å². The highest BCUT2D eigenvalue weighted by molar-refractivity contribution is 6.15. The van der Waals surface area contributed by atoms with Crippen molar-refractivity contribution in [2.24, 2.45) is 0 Å². The van der Waals surface area contributed by atoms with Crippen LogP contribution in [-0.4, -0.2) is 4.98 Å². The molecule has 1 unspecified atom stereocenters. The average Bonchev–Trinajstić information content (AvgIpc) is 3.47. The molecule has 0 aliphatic heterocycles. The lowest BCUT2D eigenvalue weighted by Crippen LogP contribution is -2.26. The Hall–Kier alpha value is -3.97. The Kier molecular flexibility index (Phi) is 2.94. The molecule has 4 aromatic carbocycles. The van der Waals surface area contributed by atoms with Crippen LogP contribution in [0, 0.1) is 0 Å². The van der Waals surface area contributed by atoms with Gasteiger partial charge in [0.15, 0.2) is 0 Å². The zero-order valence-corrected chi connectivity index (χ0v) is 17.5. The molecule has 32 heavy (non-hydrogen) atoms. The lowest BCUT2D eigenvalue weighted by atomic mass is 9.68. The Morgan fingerprint density at radius 1 is 0.594 bits per heavy atom. The van der Waals surface area contributed by atoms with E-state index >= 15 is 0 Å². The van der Waals surface area contributed by atoms with Crippen LogP contribution in [0.25, 0.3) is 33.2 Å². The summed E-state index contributed by atoms with van der Waals surface area (Å²) in [6.45, 7) is 0. The molecule has 1 aromatic heterocycles. The van der Waals surface area contributed by atoms with Gasteiger partial charge in [-0.3, -0.25) is 4.98 Å². The molecule has 1 heteroatoms. The van der Waals surface area contributed by atoms with Crippen molar-refractivity contribution in [1.29, 1.82) is 0 Å². The second-order valence-corrected chi connectivity index (χ2v) is 9.09. The maximum atomic E-state index is 4.68.